The molecule has 2 heterocycles. The van der Waals surface area contributed by atoms with Crippen LogP contribution in [0.1, 0.15) is 30.7 Å². The van der Waals surface area contributed by atoms with Crippen molar-refractivity contribution in [3.63, 3.8) is 0 Å². The third-order valence-corrected chi connectivity index (χ3v) is 3.56. The topological polar surface area (TPSA) is 33.1 Å². The summed E-state index contributed by atoms with van der Waals surface area (Å²) in [6.07, 6.45) is -5.00. The van der Waals surface area contributed by atoms with Gasteiger partial charge in [-0.05, 0) is 19.1 Å². The smallest absolute Gasteiger partial charge is 0.327 e. The average Bonchev–Trinajstić information content (AvgIpc) is 2.84. The summed E-state index contributed by atoms with van der Waals surface area (Å²) < 4.78 is 39.4. The molecule has 0 saturated carbocycles. The van der Waals surface area contributed by atoms with Crippen molar-refractivity contribution in [2.45, 2.75) is 32.4 Å². The number of alkyl halides is 3. The highest BCUT2D eigenvalue weighted by atomic mass is 19.4. The monoisotopic (exact) mass is 281 g/mol. The van der Waals surface area contributed by atoms with Crippen molar-refractivity contribution in [3.05, 3.63) is 35.7 Å². The summed E-state index contributed by atoms with van der Waals surface area (Å²) in [6, 6.07) is 7.57. The van der Waals surface area contributed by atoms with Crippen molar-refractivity contribution >= 4 is 16.8 Å². The number of rotatable bonds is 2. The zero-order valence-corrected chi connectivity index (χ0v) is 11.1. The molecule has 0 radical (unpaired) electrons. The van der Waals surface area contributed by atoms with Crippen LogP contribution in [0.5, 0.6) is 0 Å². The van der Waals surface area contributed by atoms with Gasteiger partial charge in [-0.25, -0.2) is 4.98 Å². The lowest BCUT2D eigenvalue weighted by Crippen LogP contribution is -2.12. The Hall–Kier alpha value is -1.98. The molecule has 2 aromatic heterocycles. The van der Waals surface area contributed by atoms with Gasteiger partial charge >= 0.3 is 6.18 Å². The average molecular weight is 281 g/mol. The molecule has 3 aromatic rings. The number of para-hydroxylation sites is 2. The van der Waals surface area contributed by atoms with Gasteiger partial charge in [0.25, 0.3) is 0 Å². The molecule has 0 aliphatic rings. The van der Waals surface area contributed by atoms with Gasteiger partial charge in [-0.2, -0.15) is 13.2 Å². The second kappa shape index (κ2) is 4.26. The van der Waals surface area contributed by atoms with E-state index in [9.17, 15) is 13.2 Å². The first-order valence-electron chi connectivity index (χ1n) is 6.39. The fourth-order valence-electron chi connectivity index (χ4n) is 2.71. The molecule has 0 aliphatic heterocycles. The minimum Gasteiger partial charge on any atom is -0.327 e. The van der Waals surface area contributed by atoms with E-state index in [0.29, 0.717) is 11.5 Å². The van der Waals surface area contributed by atoms with E-state index in [4.69, 9.17) is 0 Å². The van der Waals surface area contributed by atoms with Gasteiger partial charge in [-0.3, -0.25) is 4.40 Å². The van der Waals surface area contributed by atoms with E-state index >= 15 is 0 Å². The van der Waals surface area contributed by atoms with Crippen molar-refractivity contribution in [1.82, 2.24) is 14.4 Å². The van der Waals surface area contributed by atoms with Crippen LogP contribution in [0, 0.1) is 6.92 Å². The Morgan fingerprint density at radius 1 is 1.30 bits per heavy atom. The quantitative estimate of drug-likeness (QED) is 0.751. The van der Waals surface area contributed by atoms with Gasteiger partial charge in [-0.1, -0.05) is 19.1 Å². The van der Waals surface area contributed by atoms with Crippen molar-refractivity contribution in [2.24, 2.45) is 0 Å². The van der Waals surface area contributed by atoms with Gasteiger partial charge in [0, 0.05) is 17.3 Å². The van der Waals surface area contributed by atoms with Crippen LogP contribution < -0.4 is 0 Å². The first-order chi connectivity index (χ1) is 9.37. The van der Waals surface area contributed by atoms with E-state index in [2.05, 4.69) is 9.97 Å². The largest absolute Gasteiger partial charge is 0.389 e. The molecular weight excluding hydrogens is 267 g/mol. The number of H-pyrrole nitrogens is 1. The molecule has 0 aliphatic carbocycles. The minimum atomic E-state index is -4.17. The number of fused-ring (bicyclic) bond motifs is 3. The van der Waals surface area contributed by atoms with Crippen LogP contribution in [-0.2, 0) is 0 Å². The summed E-state index contributed by atoms with van der Waals surface area (Å²) in [5.41, 5.74) is 3.11. The van der Waals surface area contributed by atoms with E-state index in [1.807, 2.05) is 35.6 Å². The highest BCUT2D eigenvalue weighted by Crippen LogP contribution is 2.33. The third kappa shape index (κ3) is 2.05. The summed E-state index contributed by atoms with van der Waals surface area (Å²) in [6.45, 7) is 3.40. The van der Waals surface area contributed by atoms with Gasteiger partial charge < -0.3 is 4.98 Å². The molecule has 1 N–H and O–H groups in total. The number of hydrogen-bond donors (Lipinski definition) is 1. The molecule has 1 atom stereocenters. The molecule has 106 valence electrons. The number of halogens is 3. The first kappa shape index (κ1) is 13.0. The van der Waals surface area contributed by atoms with Gasteiger partial charge in [0.05, 0.1) is 17.5 Å². The number of aromatic nitrogens is 3. The standard InChI is InChI=1S/C14H14F3N3/c1-8(7-14(15,16)17)12-9(2)20-11-6-4-3-5-10(11)18-13(20)19-12/h3-6,8H,7H2,1-2H3,(H,18,19). The minimum absolute atomic E-state index is 0.590. The highest BCUT2D eigenvalue weighted by molar-refractivity contribution is 5.80. The highest BCUT2D eigenvalue weighted by Gasteiger charge is 2.32. The number of benzene rings is 1. The second-order valence-corrected chi connectivity index (χ2v) is 5.10. The predicted molar refractivity (Wildman–Crippen MR) is 70.9 cm³/mol. The first-order valence-corrected chi connectivity index (χ1v) is 6.39. The maximum Gasteiger partial charge on any atom is 0.389 e. The molecule has 3 nitrogen and oxygen atoms in total. The zero-order valence-electron chi connectivity index (χ0n) is 11.1. The van der Waals surface area contributed by atoms with E-state index in [1.54, 1.807) is 6.92 Å². The molecule has 0 amide bonds. The molecule has 20 heavy (non-hydrogen) atoms. The van der Waals surface area contributed by atoms with E-state index in [1.165, 1.54) is 0 Å². The number of imidazole rings is 2. The normalized spacial score (nSPS) is 14.2. The Balaban J connectivity index is 2.12. The van der Waals surface area contributed by atoms with Crippen LogP contribution in [0.4, 0.5) is 13.2 Å². The fraction of sp³-hybridized carbons (Fsp3) is 0.357. The number of aryl methyl sites for hydroxylation is 1. The summed E-state index contributed by atoms with van der Waals surface area (Å²) in [4.78, 5) is 7.43. The molecule has 1 unspecified atom stereocenters. The Morgan fingerprint density at radius 2 is 2.00 bits per heavy atom. The van der Waals surface area contributed by atoms with Crippen molar-refractivity contribution in [2.75, 3.05) is 0 Å². The van der Waals surface area contributed by atoms with Crippen LogP contribution in [0.2, 0.25) is 0 Å². The number of aromatic amines is 1. The van der Waals surface area contributed by atoms with Crippen LogP contribution in [0.25, 0.3) is 16.8 Å². The maximum absolute atomic E-state index is 12.5. The zero-order chi connectivity index (χ0) is 14.5. The lowest BCUT2D eigenvalue weighted by molar-refractivity contribution is -0.138. The van der Waals surface area contributed by atoms with E-state index in [-0.39, 0.29) is 0 Å². The molecular formula is C14H14F3N3. The van der Waals surface area contributed by atoms with Crippen molar-refractivity contribution in [3.8, 4) is 0 Å². The van der Waals surface area contributed by atoms with Gasteiger partial charge in [-0.15, -0.1) is 0 Å². The third-order valence-electron chi connectivity index (χ3n) is 3.56. The fourth-order valence-corrected chi connectivity index (χ4v) is 2.71. The summed E-state index contributed by atoms with van der Waals surface area (Å²) in [5.74, 6) is -0.0248. The molecule has 6 heteroatoms. The van der Waals surface area contributed by atoms with Gasteiger partial charge in [0.1, 0.15) is 0 Å². The van der Waals surface area contributed by atoms with Gasteiger partial charge in [0.15, 0.2) is 0 Å². The molecule has 0 spiro atoms. The lowest BCUT2D eigenvalue weighted by atomic mass is 10.0. The molecule has 3 rings (SSSR count). The van der Waals surface area contributed by atoms with Crippen molar-refractivity contribution in [1.29, 1.82) is 0 Å². The van der Waals surface area contributed by atoms with Gasteiger partial charge in [0.2, 0.25) is 5.78 Å². The Labute approximate surface area is 113 Å². The van der Waals surface area contributed by atoms with E-state index in [0.717, 1.165) is 16.7 Å². The maximum atomic E-state index is 12.5. The Kier molecular flexibility index (Phi) is 2.77. The summed E-state index contributed by atoms with van der Waals surface area (Å²) in [7, 11) is 0. The van der Waals surface area contributed by atoms with Crippen LogP contribution in [0.3, 0.4) is 0 Å². The van der Waals surface area contributed by atoms with E-state index < -0.39 is 18.5 Å². The molecule has 1 aromatic carbocycles. The van der Waals surface area contributed by atoms with Crippen LogP contribution in [0.15, 0.2) is 24.3 Å². The number of nitrogens with one attached hydrogen (secondary N) is 1. The Morgan fingerprint density at radius 3 is 2.70 bits per heavy atom. The molecule has 0 bridgehead atoms. The lowest BCUT2D eigenvalue weighted by Gasteiger charge is -2.13. The van der Waals surface area contributed by atoms with Crippen LogP contribution in [-0.4, -0.2) is 20.5 Å². The number of nitrogens with zero attached hydrogens (tertiary/aromatic N) is 2. The second-order valence-electron chi connectivity index (χ2n) is 5.10. The number of hydrogen-bond acceptors (Lipinski definition) is 1. The predicted octanol–water partition coefficient (Wildman–Crippen LogP) is 4.18. The molecule has 0 fully saturated rings. The summed E-state index contributed by atoms with van der Waals surface area (Å²) in [5, 5.41) is 0. The van der Waals surface area contributed by atoms with Crippen molar-refractivity contribution < 1.29 is 13.2 Å². The van der Waals surface area contributed by atoms with Crippen LogP contribution >= 0.6 is 0 Å². The Bertz CT molecular complexity index is 767. The SMILES string of the molecule is Cc1c(C(C)CC(F)(F)F)[nH]c2nc3ccccc3n12. The molecule has 0 saturated heterocycles. The summed E-state index contributed by atoms with van der Waals surface area (Å²) >= 11 is 0.